The smallest absolute Gasteiger partial charge is 0.355 e. The van der Waals surface area contributed by atoms with E-state index in [2.05, 4.69) is 0 Å². The molecule has 3 rings (SSSR count). The second-order valence-corrected chi connectivity index (χ2v) is 5.95. The summed E-state index contributed by atoms with van der Waals surface area (Å²) in [4.78, 5) is 27.6. The van der Waals surface area contributed by atoms with Crippen LogP contribution in [-0.4, -0.2) is 65.8 Å². The lowest BCUT2D eigenvalue weighted by molar-refractivity contribution is -0.140. The molecule has 1 fully saturated rings. The number of anilines is 2. The van der Waals surface area contributed by atoms with Crippen LogP contribution in [-0.2, 0) is 28.5 Å². The lowest BCUT2D eigenvalue weighted by Crippen LogP contribution is -2.39. The van der Waals surface area contributed by atoms with Crippen LogP contribution in [0.15, 0.2) is 29.5 Å². The van der Waals surface area contributed by atoms with Crippen molar-refractivity contribution in [2.75, 3.05) is 63.7 Å². The highest BCUT2D eigenvalue weighted by atomic mass is 19.1. The Kier molecular flexibility index (Phi) is 5.92. The molecule has 2 heterocycles. The zero-order valence-corrected chi connectivity index (χ0v) is 15.2. The molecule has 0 aliphatic carbocycles. The number of rotatable bonds is 4. The Morgan fingerprint density at radius 3 is 2.41 bits per heavy atom. The molecule has 0 spiro atoms. The van der Waals surface area contributed by atoms with Gasteiger partial charge in [-0.15, -0.1) is 0 Å². The quantitative estimate of drug-likeness (QED) is 0.718. The van der Waals surface area contributed by atoms with E-state index < -0.39 is 17.8 Å². The number of esters is 2. The summed E-state index contributed by atoms with van der Waals surface area (Å²) < 4.78 is 34.9. The third-order valence-electron chi connectivity index (χ3n) is 4.43. The third kappa shape index (κ3) is 3.88. The first-order valence-electron chi connectivity index (χ1n) is 8.44. The van der Waals surface area contributed by atoms with E-state index in [0.29, 0.717) is 37.7 Å². The summed E-state index contributed by atoms with van der Waals surface area (Å²) in [7, 11) is 2.42. The van der Waals surface area contributed by atoms with Crippen LogP contribution in [0.2, 0.25) is 0 Å². The second kappa shape index (κ2) is 8.36. The van der Waals surface area contributed by atoms with Crippen LogP contribution in [0.4, 0.5) is 15.8 Å². The maximum Gasteiger partial charge on any atom is 0.355 e. The van der Waals surface area contributed by atoms with Crippen LogP contribution >= 0.6 is 0 Å². The van der Waals surface area contributed by atoms with Crippen molar-refractivity contribution in [3.8, 4) is 0 Å². The van der Waals surface area contributed by atoms with Crippen LogP contribution in [0.25, 0.3) is 0 Å². The van der Waals surface area contributed by atoms with Gasteiger partial charge in [-0.25, -0.2) is 14.0 Å². The van der Waals surface area contributed by atoms with E-state index in [1.54, 1.807) is 12.1 Å². The molecule has 1 aromatic rings. The molecule has 0 aromatic heterocycles. The summed E-state index contributed by atoms with van der Waals surface area (Å²) in [5.74, 6) is -1.87. The van der Waals surface area contributed by atoms with Crippen LogP contribution in [0.3, 0.4) is 0 Å². The van der Waals surface area contributed by atoms with Crippen LogP contribution in [0.1, 0.15) is 0 Å². The van der Waals surface area contributed by atoms with Crippen LogP contribution < -0.4 is 9.80 Å². The summed E-state index contributed by atoms with van der Waals surface area (Å²) in [6, 6.07) is 4.61. The van der Waals surface area contributed by atoms with Gasteiger partial charge >= 0.3 is 11.9 Å². The number of morpholine rings is 1. The van der Waals surface area contributed by atoms with Crippen molar-refractivity contribution in [2.45, 2.75) is 0 Å². The molecule has 1 aromatic carbocycles. The molecule has 9 heteroatoms. The van der Waals surface area contributed by atoms with E-state index in [9.17, 15) is 14.0 Å². The fraction of sp³-hybridized carbons (Fsp3) is 0.444. The Labute approximate surface area is 156 Å². The summed E-state index contributed by atoms with van der Waals surface area (Å²) in [6.07, 6.45) is 0. The Morgan fingerprint density at radius 2 is 1.78 bits per heavy atom. The van der Waals surface area contributed by atoms with Gasteiger partial charge in [0.2, 0.25) is 0 Å². The first-order valence-corrected chi connectivity index (χ1v) is 8.44. The summed E-state index contributed by atoms with van der Waals surface area (Å²) in [5, 5.41) is 0. The largest absolute Gasteiger partial charge is 0.466 e. The standard InChI is InChI=1S/C18H21FN2O6/c1-24-17(22)13-10-27-11-21(16(13)18(23)25-2)12-3-4-15(14(19)9-12)20-5-7-26-8-6-20/h3-4,9H,5-8,10-11H2,1-2H3. The van der Waals surface area contributed by atoms with Crippen molar-refractivity contribution in [3.63, 3.8) is 0 Å². The molecule has 146 valence electrons. The fourth-order valence-corrected chi connectivity index (χ4v) is 3.07. The monoisotopic (exact) mass is 380 g/mol. The van der Waals surface area contributed by atoms with Crippen molar-refractivity contribution >= 4 is 23.3 Å². The Hall–Kier alpha value is -2.65. The van der Waals surface area contributed by atoms with Gasteiger partial charge in [0, 0.05) is 18.8 Å². The van der Waals surface area contributed by atoms with E-state index in [-0.39, 0.29) is 24.6 Å². The Bertz CT molecular complexity index is 760. The molecule has 1 saturated heterocycles. The van der Waals surface area contributed by atoms with Gasteiger partial charge < -0.3 is 28.7 Å². The van der Waals surface area contributed by atoms with Crippen molar-refractivity contribution < 1.29 is 32.9 Å². The molecule has 0 saturated carbocycles. The van der Waals surface area contributed by atoms with Gasteiger partial charge in [0.25, 0.3) is 0 Å². The van der Waals surface area contributed by atoms with Crippen LogP contribution in [0.5, 0.6) is 0 Å². The number of carbonyl (C=O) groups excluding carboxylic acids is 2. The molecule has 0 atom stereocenters. The Balaban J connectivity index is 1.97. The maximum atomic E-state index is 14.7. The predicted octanol–water partition coefficient (Wildman–Crippen LogP) is 1.06. The van der Waals surface area contributed by atoms with Crippen molar-refractivity contribution in [2.24, 2.45) is 0 Å². The first-order chi connectivity index (χ1) is 13.1. The van der Waals surface area contributed by atoms with Crippen molar-refractivity contribution in [3.05, 3.63) is 35.3 Å². The topological polar surface area (TPSA) is 77.5 Å². The van der Waals surface area contributed by atoms with Crippen molar-refractivity contribution in [1.82, 2.24) is 0 Å². The first kappa shape index (κ1) is 19.1. The molecule has 0 bridgehead atoms. The molecule has 0 radical (unpaired) electrons. The molecule has 2 aliphatic rings. The van der Waals surface area contributed by atoms with E-state index in [4.69, 9.17) is 18.9 Å². The van der Waals surface area contributed by atoms with Gasteiger partial charge in [0.15, 0.2) is 0 Å². The highest BCUT2D eigenvalue weighted by Crippen LogP contribution is 2.30. The minimum atomic E-state index is -0.726. The molecule has 2 aliphatic heterocycles. The van der Waals surface area contributed by atoms with E-state index in [1.165, 1.54) is 25.2 Å². The fourth-order valence-electron chi connectivity index (χ4n) is 3.07. The number of carbonyl (C=O) groups is 2. The number of halogens is 1. The number of nitrogens with zero attached hydrogens (tertiary/aromatic N) is 2. The number of hydrogen-bond donors (Lipinski definition) is 0. The zero-order valence-electron chi connectivity index (χ0n) is 15.2. The van der Waals surface area contributed by atoms with E-state index in [0.717, 1.165) is 0 Å². The van der Waals surface area contributed by atoms with Gasteiger partial charge in [0.05, 0.1) is 45.3 Å². The number of hydrogen-bond acceptors (Lipinski definition) is 8. The average Bonchev–Trinajstić information content (AvgIpc) is 2.72. The van der Waals surface area contributed by atoms with E-state index >= 15 is 0 Å². The van der Waals surface area contributed by atoms with Gasteiger partial charge in [-0.3, -0.25) is 0 Å². The van der Waals surface area contributed by atoms with Gasteiger partial charge in [-0.05, 0) is 18.2 Å². The summed E-state index contributed by atoms with van der Waals surface area (Å²) >= 11 is 0. The van der Waals surface area contributed by atoms with Gasteiger partial charge in [0.1, 0.15) is 18.2 Å². The van der Waals surface area contributed by atoms with E-state index in [1.807, 2.05) is 4.90 Å². The Morgan fingerprint density at radius 1 is 1.07 bits per heavy atom. The summed E-state index contributed by atoms with van der Waals surface area (Å²) in [5.41, 5.74) is 0.824. The number of benzene rings is 1. The predicted molar refractivity (Wildman–Crippen MR) is 93.8 cm³/mol. The van der Waals surface area contributed by atoms with Crippen molar-refractivity contribution in [1.29, 1.82) is 0 Å². The highest BCUT2D eigenvalue weighted by molar-refractivity contribution is 6.03. The molecule has 0 amide bonds. The molecule has 27 heavy (non-hydrogen) atoms. The number of ether oxygens (including phenoxy) is 4. The highest BCUT2D eigenvalue weighted by Gasteiger charge is 2.32. The molecular formula is C18H21FN2O6. The third-order valence-corrected chi connectivity index (χ3v) is 4.43. The molecule has 8 nitrogen and oxygen atoms in total. The zero-order chi connectivity index (χ0) is 19.4. The minimum Gasteiger partial charge on any atom is -0.466 e. The van der Waals surface area contributed by atoms with Crippen LogP contribution in [0, 0.1) is 5.82 Å². The normalized spacial score (nSPS) is 17.7. The molecular weight excluding hydrogens is 359 g/mol. The molecule has 0 unspecified atom stereocenters. The lowest BCUT2D eigenvalue weighted by atomic mass is 10.1. The summed E-state index contributed by atoms with van der Waals surface area (Å²) in [6.45, 7) is 2.16. The SMILES string of the molecule is COC(=O)C1=C(C(=O)OC)N(c2ccc(N3CCOCC3)c(F)c2)COC1. The average molecular weight is 380 g/mol. The molecule has 0 N–H and O–H groups in total. The van der Waals surface area contributed by atoms with Gasteiger partial charge in [-0.1, -0.05) is 0 Å². The lowest BCUT2D eigenvalue weighted by Gasteiger charge is -2.32. The maximum absolute atomic E-state index is 14.7. The van der Waals surface area contributed by atoms with Gasteiger partial charge in [-0.2, -0.15) is 0 Å². The minimum absolute atomic E-state index is 0.0193. The number of methoxy groups -OCH3 is 2. The second-order valence-electron chi connectivity index (χ2n) is 5.95.